The summed E-state index contributed by atoms with van der Waals surface area (Å²) in [6, 6.07) is 5.69. The van der Waals surface area contributed by atoms with Gasteiger partial charge in [-0.2, -0.15) is 0 Å². The van der Waals surface area contributed by atoms with Crippen molar-refractivity contribution >= 4 is 15.9 Å². The molecule has 14 heavy (non-hydrogen) atoms. The van der Waals surface area contributed by atoms with Crippen molar-refractivity contribution in [3.63, 3.8) is 0 Å². The van der Waals surface area contributed by atoms with E-state index in [1.807, 2.05) is 25.1 Å². The Morgan fingerprint density at radius 3 is 2.79 bits per heavy atom. The SMILES string of the molecule is COCOc1ccc(Br)cc1[C@H](C)N. The lowest BCUT2D eigenvalue weighted by Gasteiger charge is -2.13. The van der Waals surface area contributed by atoms with Crippen LogP contribution in [0.15, 0.2) is 22.7 Å². The van der Waals surface area contributed by atoms with Gasteiger partial charge in [-0.05, 0) is 25.1 Å². The lowest BCUT2D eigenvalue weighted by Crippen LogP contribution is -2.09. The molecule has 3 nitrogen and oxygen atoms in total. The minimum Gasteiger partial charge on any atom is -0.467 e. The third-order valence-electron chi connectivity index (χ3n) is 1.79. The second-order valence-electron chi connectivity index (χ2n) is 3.02. The predicted octanol–water partition coefficient (Wildman–Crippen LogP) is 2.45. The number of hydrogen-bond acceptors (Lipinski definition) is 3. The van der Waals surface area contributed by atoms with Crippen LogP contribution in [0.3, 0.4) is 0 Å². The van der Waals surface area contributed by atoms with Gasteiger partial charge in [-0.25, -0.2) is 0 Å². The van der Waals surface area contributed by atoms with Gasteiger partial charge in [-0.3, -0.25) is 0 Å². The summed E-state index contributed by atoms with van der Waals surface area (Å²) < 4.78 is 11.2. The number of halogens is 1. The maximum atomic E-state index is 5.81. The second-order valence-corrected chi connectivity index (χ2v) is 3.94. The van der Waals surface area contributed by atoms with Gasteiger partial charge in [0.1, 0.15) is 5.75 Å². The predicted molar refractivity (Wildman–Crippen MR) is 59.2 cm³/mol. The Hall–Kier alpha value is -0.580. The van der Waals surface area contributed by atoms with Gasteiger partial charge in [-0.15, -0.1) is 0 Å². The first-order valence-electron chi connectivity index (χ1n) is 4.32. The normalized spacial score (nSPS) is 12.6. The van der Waals surface area contributed by atoms with Crippen LogP contribution < -0.4 is 10.5 Å². The van der Waals surface area contributed by atoms with Crippen molar-refractivity contribution in [2.24, 2.45) is 5.73 Å². The molecule has 0 amide bonds. The van der Waals surface area contributed by atoms with Crippen LogP contribution in [0.5, 0.6) is 5.75 Å². The van der Waals surface area contributed by atoms with Crippen LogP contribution >= 0.6 is 15.9 Å². The van der Waals surface area contributed by atoms with Gasteiger partial charge >= 0.3 is 0 Å². The topological polar surface area (TPSA) is 44.5 Å². The van der Waals surface area contributed by atoms with E-state index in [1.165, 1.54) is 0 Å². The zero-order valence-corrected chi connectivity index (χ0v) is 9.87. The zero-order chi connectivity index (χ0) is 10.6. The van der Waals surface area contributed by atoms with E-state index in [9.17, 15) is 0 Å². The Labute approximate surface area is 92.3 Å². The molecular weight excluding hydrogens is 246 g/mol. The fourth-order valence-electron chi connectivity index (χ4n) is 1.13. The van der Waals surface area contributed by atoms with Crippen LogP contribution in [-0.4, -0.2) is 13.9 Å². The standard InChI is InChI=1S/C10H14BrNO2/c1-7(12)9-5-8(11)3-4-10(9)14-6-13-2/h3-5,7H,6,12H2,1-2H3/t7-/m0/s1. The van der Waals surface area contributed by atoms with Crippen LogP contribution in [0.25, 0.3) is 0 Å². The Kier molecular flexibility index (Phi) is 4.38. The van der Waals surface area contributed by atoms with Crippen molar-refractivity contribution in [2.75, 3.05) is 13.9 Å². The molecule has 1 aromatic rings. The highest BCUT2D eigenvalue weighted by molar-refractivity contribution is 9.10. The van der Waals surface area contributed by atoms with Crippen LogP contribution in [0, 0.1) is 0 Å². The van der Waals surface area contributed by atoms with Crippen LogP contribution in [0.1, 0.15) is 18.5 Å². The number of benzene rings is 1. The van der Waals surface area contributed by atoms with Crippen molar-refractivity contribution in [1.82, 2.24) is 0 Å². The molecule has 0 aliphatic heterocycles. The first kappa shape index (κ1) is 11.5. The summed E-state index contributed by atoms with van der Waals surface area (Å²) in [5.41, 5.74) is 6.78. The molecule has 0 saturated carbocycles. The van der Waals surface area contributed by atoms with Gasteiger partial charge < -0.3 is 15.2 Å². The van der Waals surface area contributed by atoms with Crippen molar-refractivity contribution in [3.8, 4) is 5.75 Å². The molecule has 0 saturated heterocycles. The van der Waals surface area contributed by atoms with Gasteiger partial charge in [-0.1, -0.05) is 15.9 Å². The highest BCUT2D eigenvalue weighted by atomic mass is 79.9. The third-order valence-corrected chi connectivity index (χ3v) is 2.29. The summed E-state index contributed by atoms with van der Waals surface area (Å²) in [4.78, 5) is 0. The maximum Gasteiger partial charge on any atom is 0.188 e. The highest BCUT2D eigenvalue weighted by Gasteiger charge is 2.08. The minimum atomic E-state index is -0.0562. The summed E-state index contributed by atoms with van der Waals surface area (Å²) in [5.74, 6) is 0.769. The molecule has 0 heterocycles. The summed E-state index contributed by atoms with van der Waals surface area (Å²) in [6.07, 6.45) is 0. The average molecular weight is 260 g/mol. The molecule has 78 valence electrons. The first-order valence-corrected chi connectivity index (χ1v) is 5.11. The van der Waals surface area contributed by atoms with Crippen molar-refractivity contribution in [3.05, 3.63) is 28.2 Å². The van der Waals surface area contributed by atoms with E-state index in [0.717, 1.165) is 15.8 Å². The summed E-state index contributed by atoms with van der Waals surface area (Å²) in [6.45, 7) is 2.16. The lowest BCUT2D eigenvalue weighted by atomic mass is 10.1. The maximum absolute atomic E-state index is 5.81. The van der Waals surface area contributed by atoms with Gasteiger partial charge in [0.25, 0.3) is 0 Å². The molecule has 4 heteroatoms. The number of hydrogen-bond donors (Lipinski definition) is 1. The summed E-state index contributed by atoms with van der Waals surface area (Å²) in [7, 11) is 1.59. The van der Waals surface area contributed by atoms with E-state index in [1.54, 1.807) is 7.11 Å². The van der Waals surface area contributed by atoms with Gasteiger partial charge in [0.15, 0.2) is 6.79 Å². The smallest absolute Gasteiger partial charge is 0.188 e. The largest absolute Gasteiger partial charge is 0.467 e. The molecule has 0 fully saturated rings. The average Bonchev–Trinajstić information content (AvgIpc) is 2.15. The number of rotatable bonds is 4. The Morgan fingerprint density at radius 1 is 1.50 bits per heavy atom. The fourth-order valence-corrected chi connectivity index (χ4v) is 1.51. The Balaban J connectivity index is 2.90. The molecule has 0 aliphatic carbocycles. The van der Waals surface area contributed by atoms with Crippen molar-refractivity contribution in [2.45, 2.75) is 13.0 Å². The van der Waals surface area contributed by atoms with Crippen LogP contribution in [0.4, 0.5) is 0 Å². The molecule has 0 spiro atoms. The lowest BCUT2D eigenvalue weighted by molar-refractivity contribution is 0.0502. The highest BCUT2D eigenvalue weighted by Crippen LogP contribution is 2.27. The number of nitrogens with two attached hydrogens (primary N) is 1. The van der Waals surface area contributed by atoms with E-state index in [0.29, 0.717) is 0 Å². The molecule has 1 aromatic carbocycles. The number of ether oxygens (including phenoxy) is 2. The second kappa shape index (κ2) is 5.34. The van der Waals surface area contributed by atoms with E-state index < -0.39 is 0 Å². The molecule has 2 N–H and O–H groups in total. The fraction of sp³-hybridized carbons (Fsp3) is 0.400. The molecule has 1 atom stereocenters. The molecule has 1 rings (SSSR count). The third kappa shape index (κ3) is 2.97. The summed E-state index contributed by atoms with van der Waals surface area (Å²) >= 11 is 3.39. The quantitative estimate of drug-likeness (QED) is 0.846. The van der Waals surface area contributed by atoms with E-state index in [4.69, 9.17) is 15.2 Å². The van der Waals surface area contributed by atoms with Crippen molar-refractivity contribution in [1.29, 1.82) is 0 Å². The van der Waals surface area contributed by atoms with Gasteiger partial charge in [0, 0.05) is 23.2 Å². The monoisotopic (exact) mass is 259 g/mol. The van der Waals surface area contributed by atoms with E-state index in [-0.39, 0.29) is 12.8 Å². The Morgan fingerprint density at radius 2 is 2.21 bits per heavy atom. The molecular formula is C10H14BrNO2. The van der Waals surface area contributed by atoms with Crippen molar-refractivity contribution < 1.29 is 9.47 Å². The van der Waals surface area contributed by atoms with E-state index >= 15 is 0 Å². The van der Waals surface area contributed by atoms with Crippen LogP contribution in [0.2, 0.25) is 0 Å². The number of methoxy groups -OCH3 is 1. The molecule has 0 radical (unpaired) electrons. The van der Waals surface area contributed by atoms with E-state index in [2.05, 4.69) is 15.9 Å². The summed E-state index contributed by atoms with van der Waals surface area (Å²) in [5, 5.41) is 0. The molecule has 0 bridgehead atoms. The Bertz CT molecular complexity index is 302. The first-order chi connectivity index (χ1) is 6.65. The molecule has 0 aromatic heterocycles. The minimum absolute atomic E-state index is 0.0562. The van der Waals surface area contributed by atoms with Gasteiger partial charge in [0.2, 0.25) is 0 Å². The zero-order valence-electron chi connectivity index (χ0n) is 8.29. The van der Waals surface area contributed by atoms with Crippen LogP contribution in [-0.2, 0) is 4.74 Å². The van der Waals surface area contributed by atoms with Gasteiger partial charge in [0.05, 0.1) is 0 Å². The molecule has 0 unspecified atom stereocenters. The molecule has 0 aliphatic rings.